The van der Waals surface area contributed by atoms with Crippen molar-refractivity contribution in [1.29, 1.82) is 0 Å². The molecule has 1 aromatic carbocycles. The molecule has 1 N–H and O–H groups in total. The van der Waals surface area contributed by atoms with Gasteiger partial charge < -0.3 is 10.2 Å². The van der Waals surface area contributed by atoms with E-state index in [9.17, 15) is 4.79 Å². The van der Waals surface area contributed by atoms with Gasteiger partial charge in [-0.15, -0.1) is 0 Å². The monoisotopic (exact) mass is 377 g/mol. The molecule has 0 unspecified atom stereocenters. The normalized spacial score (nSPS) is 21.6. The van der Waals surface area contributed by atoms with E-state index in [-0.39, 0.29) is 11.3 Å². The number of ketones is 1. The topological polar surface area (TPSA) is 35.6 Å². The molecule has 26 heavy (non-hydrogen) atoms. The fraction of sp³-hybridized carbons (Fsp3) is 0.667. The Hall–Kier alpha value is -0.940. The molecular weight excluding hydrogens is 346 g/mol. The van der Waals surface area contributed by atoms with Gasteiger partial charge in [0, 0.05) is 48.8 Å². The van der Waals surface area contributed by atoms with Crippen LogP contribution >= 0.6 is 11.6 Å². The number of likely N-dealkylation sites (N-methyl/N-ethyl adjacent to an activating group) is 1. The predicted octanol–water partition coefficient (Wildman–Crippen LogP) is 3.45. The molecule has 1 saturated carbocycles. The van der Waals surface area contributed by atoms with Gasteiger partial charge in [0.1, 0.15) is 0 Å². The van der Waals surface area contributed by atoms with Crippen LogP contribution in [0.3, 0.4) is 0 Å². The second-order valence-corrected chi connectivity index (χ2v) is 8.18. The van der Waals surface area contributed by atoms with Crippen LogP contribution in [-0.4, -0.2) is 66.9 Å². The number of hydrogen-bond donors (Lipinski definition) is 1. The highest BCUT2D eigenvalue weighted by Gasteiger charge is 2.38. The summed E-state index contributed by atoms with van der Waals surface area (Å²) in [6.07, 6.45) is 6.46. The molecule has 1 aliphatic heterocycles. The van der Waals surface area contributed by atoms with Gasteiger partial charge in [0.25, 0.3) is 0 Å². The van der Waals surface area contributed by atoms with Crippen LogP contribution in [0, 0.1) is 0 Å². The van der Waals surface area contributed by atoms with E-state index in [0.29, 0.717) is 11.6 Å². The molecule has 0 spiro atoms. The SMILES string of the molecule is CCN1CCN(C2(CNCC(=O)c3ccc(Cl)cc3)CCCCC2)CC1. The van der Waals surface area contributed by atoms with Crippen LogP contribution in [0.1, 0.15) is 49.4 Å². The first kappa shape index (κ1) is 19.8. The van der Waals surface area contributed by atoms with Gasteiger partial charge in [0.15, 0.2) is 5.78 Å². The summed E-state index contributed by atoms with van der Waals surface area (Å²) in [6, 6.07) is 7.19. The Morgan fingerprint density at radius 1 is 1.08 bits per heavy atom. The maximum Gasteiger partial charge on any atom is 0.176 e. The van der Waals surface area contributed by atoms with Crippen molar-refractivity contribution in [3.05, 3.63) is 34.9 Å². The number of carbonyl (C=O) groups is 1. The molecule has 144 valence electrons. The fourth-order valence-electron chi connectivity index (χ4n) is 4.50. The van der Waals surface area contributed by atoms with E-state index in [1.807, 2.05) is 12.1 Å². The van der Waals surface area contributed by atoms with E-state index in [4.69, 9.17) is 11.6 Å². The fourth-order valence-corrected chi connectivity index (χ4v) is 4.63. The summed E-state index contributed by atoms with van der Waals surface area (Å²) >= 11 is 5.91. The van der Waals surface area contributed by atoms with Gasteiger partial charge in [-0.05, 0) is 43.7 Å². The summed E-state index contributed by atoms with van der Waals surface area (Å²) in [5.41, 5.74) is 0.967. The lowest BCUT2D eigenvalue weighted by Crippen LogP contribution is -2.61. The average Bonchev–Trinajstić information content (AvgIpc) is 2.69. The van der Waals surface area contributed by atoms with E-state index in [1.54, 1.807) is 12.1 Å². The van der Waals surface area contributed by atoms with Crippen LogP contribution in [0.15, 0.2) is 24.3 Å². The number of nitrogens with one attached hydrogen (secondary N) is 1. The molecule has 4 nitrogen and oxygen atoms in total. The van der Waals surface area contributed by atoms with Gasteiger partial charge in [-0.1, -0.05) is 37.8 Å². The summed E-state index contributed by atoms with van der Waals surface area (Å²) in [5.74, 6) is 0.142. The number of hydrogen-bond acceptors (Lipinski definition) is 4. The summed E-state index contributed by atoms with van der Waals surface area (Å²) in [7, 11) is 0. The van der Waals surface area contributed by atoms with Crippen LogP contribution in [0.4, 0.5) is 0 Å². The van der Waals surface area contributed by atoms with Crippen molar-refractivity contribution >= 4 is 17.4 Å². The lowest BCUT2D eigenvalue weighted by molar-refractivity contribution is 0.00929. The Morgan fingerprint density at radius 3 is 2.35 bits per heavy atom. The maximum atomic E-state index is 12.4. The predicted molar refractivity (Wildman–Crippen MR) is 108 cm³/mol. The standard InChI is InChI=1S/C21H32ClN3O/c1-2-24-12-14-25(15-13-24)21(10-4-3-5-11-21)17-23-16-20(26)18-6-8-19(22)9-7-18/h6-9,23H,2-5,10-17H2,1H3. The third-order valence-electron chi connectivity index (χ3n) is 6.18. The molecule has 2 aliphatic rings. The third kappa shape index (κ3) is 4.86. The Morgan fingerprint density at radius 2 is 1.73 bits per heavy atom. The minimum absolute atomic E-state index is 0.142. The van der Waals surface area contributed by atoms with E-state index >= 15 is 0 Å². The molecule has 1 heterocycles. The molecule has 1 aliphatic carbocycles. The zero-order valence-electron chi connectivity index (χ0n) is 16.0. The second kappa shape index (κ2) is 9.32. The minimum Gasteiger partial charge on any atom is -0.308 e. The highest BCUT2D eigenvalue weighted by atomic mass is 35.5. The van der Waals surface area contributed by atoms with E-state index in [2.05, 4.69) is 22.0 Å². The first-order chi connectivity index (χ1) is 12.6. The quantitative estimate of drug-likeness (QED) is 0.738. The van der Waals surface area contributed by atoms with Crippen LogP contribution in [0.5, 0.6) is 0 Å². The van der Waals surface area contributed by atoms with E-state index in [1.165, 1.54) is 45.2 Å². The van der Waals surface area contributed by atoms with Crippen molar-refractivity contribution in [2.45, 2.75) is 44.6 Å². The van der Waals surface area contributed by atoms with Gasteiger partial charge in [0.05, 0.1) is 6.54 Å². The molecule has 0 bridgehead atoms. The number of Topliss-reactive ketones (excluding diaryl/α,β-unsaturated/α-hetero) is 1. The first-order valence-electron chi connectivity index (χ1n) is 10.1. The van der Waals surface area contributed by atoms with Crippen molar-refractivity contribution in [1.82, 2.24) is 15.1 Å². The molecular formula is C21H32ClN3O. The number of carbonyl (C=O) groups excluding carboxylic acids is 1. The zero-order chi connectivity index (χ0) is 18.4. The summed E-state index contributed by atoms with van der Waals surface area (Å²) in [5, 5.41) is 4.16. The lowest BCUT2D eigenvalue weighted by Gasteiger charge is -2.50. The molecule has 0 amide bonds. The third-order valence-corrected chi connectivity index (χ3v) is 6.43. The van der Waals surface area contributed by atoms with Crippen molar-refractivity contribution < 1.29 is 4.79 Å². The van der Waals surface area contributed by atoms with Gasteiger partial charge >= 0.3 is 0 Å². The largest absolute Gasteiger partial charge is 0.308 e. The van der Waals surface area contributed by atoms with Gasteiger partial charge in [-0.25, -0.2) is 0 Å². The van der Waals surface area contributed by atoms with Crippen molar-refractivity contribution in [3.63, 3.8) is 0 Å². The highest BCUT2D eigenvalue weighted by molar-refractivity contribution is 6.30. The Labute approximate surface area is 162 Å². The van der Waals surface area contributed by atoms with Gasteiger partial charge in [-0.3, -0.25) is 9.69 Å². The van der Waals surface area contributed by atoms with Gasteiger partial charge in [0.2, 0.25) is 0 Å². The number of halogens is 1. The van der Waals surface area contributed by atoms with Crippen LogP contribution < -0.4 is 5.32 Å². The number of benzene rings is 1. The van der Waals surface area contributed by atoms with Crippen LogP contribution in [0.2, 0.25) is 5.02 Å². The molecule has 3 rings (SSSR count). The van der Waals surface area contributed by atoms with Crippen molar-refractivity contribution in [3.8, 4) is 0 Å². The maximum absolute atomic E-state index is 12.4. The van der Waals surface area contributed by atoms with Crippen molar-refractivity contribution in [2.24, 2.45) is 0 Å². The average molecular weight is 378 g/mol. The number of piperazine rings is 1. The summed E-state index contributed by atoms with van der Waals surface area (Å²) in [4.78, 5) is 17.7. The van der Waals surface area contributed by atoms with Gasteiger partial charge in [-0.2, -0.15) is 0 Å². The number of nitrogens with zero attached hydrogens (tertiary/aromatic N) is 2. The Kier molecular flexibility index (Phi) is 7.10. The molecule has 1 aromatic rings. The molecule has 0 radical (unpaired) electrons. The summed E-state index contributed by atoms with van der Waals surface area (Å²) < 4.78 is 0. The highest BCUT2D eigenvalue weighted by Crippen LogP contribution is 2.34. The van der Waals surface area contributed by atoms with Crippen molar-refractivity contribution in [2.75, 3.05) is 45.8 Å². The summed E-state index contributed by atoms with van der Waals surface area (Å²) in [6.45, 7) is 9.35. The molecule has 0 aromatic heterocycles. The lowest BCUT2D eigenvalue weighted by atomic mass is 9.79. The smallest absolute Gasteiger partial charge is 0.176 e. The Balaban J connectivity index is 1.56. The molecule has 0 atom stereocenters. The molecule has 2 fully saturated rings. The number of rotatable bonds is 7. The second-order valence-electron chi connectivity index (χ2n) is 7.74. The molecule has 1 saturated heterocycles. The first-order valence-corrected chi connectivity index (χ1v) is 10.5. The van der Waals surface area contributed by atoms with E-state index < -0.39 is 0 Å². The molecule has 5 heteroatoms. The van der Waals surface area contributed by atoms with Crippen LogP contribution in [-0.2, 0) is 0 Å². The minimum atomic E-state index is 0.142. The van der Waals surface area contributed by atoms with Crippen LogP contribution in [0.25, 0.3) is 0 Å². The Bertz CT molecular complexity index is 575. The van der Waals surface area contributed by atoms with E-state index in [0.717, 1.165) is 31.7 Å². The zero-order valence-corrected chi connectivity index (χ0v) is 16.7.